The maximum absolute atomic E-state index is 13.4. The smallest absolute Gasteiger partial charge is 0.243 e. The molecular formula is C19H24N2O5S. The van der Waals surface area contributed by atoms with Crippen molar-refractivity contribution in [1.29, 1.82) is 0 Å². The summed E-state index contributed by atoms with van der Waals surface area (Å²) in [6, 6.07) is 4.77. The molecule has 7 nitrogen and oxygen atoms in total. The largest absolute Gasteiger partial charge is 0.486 e. The number of rotatable bonds is 4. The van der Waals surface area contributed by atoms with E-state index in [1.54, 1.807) is 22.5 Å². The molecule has 4 rings (SSSR count). The molecule has 1 aliphatic carbocycles. The summed E-state index contributed by atoms with van der Waals surface area (Å²) in [5, 5.41) is 2.93. The third-order valence-corrected chi connectivity index (χ3v) is 7.75. The summed E-state index contributed by atoms with van der Waals surface area (Å²) in [6.45, 7) is 4.75. The summed E-state index contributed by atoms with van der Waals surface area (Å²) in [6.07, 6.45) is 5.11. The number of hydrogen-bond acceptors (Lipinski definition) is 5. The van der Waals surface area contributed by atoms with E-state index >= 15 is 0 Å². The maximum Gasteiger partial charge on any atom is 0.243 e. The highest BCUT2D eigenvalue weighted by Gasteiger charge is 2.51. The van der Waals surface area contributed by atoms with Crippen LogP contribution in [-0.2, 0) is 14.8 Å². The number of piperidine rings is 1. The Morgan fingerprint density at radius 3 is 2.67 bits per heavy atom. The van der Waals surface area contributed by atoms with Crippen LogP contribution in [0.2, 0.25) is 0 Å². The van der Waals surface area contributed by atoms with Gasteiger partial charge in [0.15, 0.2) is 11.5 Å². The molecule has 1 aromatic rings. The Bertz CT molecular complexity index is 863. The van der Waals surface area contributed by atoms with Crippen molar-refractivity contribution in [2.75, 3.05) is 19.8 Å². The number of amides is 1. The van der Waals surface area contributed by atoms with Gasteiger partial charge in [-0.1, -0.05) is 6.58 Å². The number of sulfonamides is 1. The molecule has 0 radical (unpaired) electrons. The number of nitrogens with one attached hydrogen (secondary N) is 1. The Hall–Kier alpha value is -2.06. The van der Waals surface area contributed by atoms with Gasteiger partial charge >= 0.3 is 0 Å². The zero-order chi connectivity index (χ0) is 19.1. The van der Waals surface area contributed by atoms with Gasteiger partial charge in [-0.25, -0.2) is 8.42 Å². The van der Waals surface area contributed by atoms with Gasteiger partial charge in [0.1, 0.15) is 13.2 Å². The van der Waals surface area contributed by atoms with Crippen molar-refractivity contribution in [1.82, 2.24) is 9.62 Å². The van der Waals surface area contributed by atoms with Crippen LogP contribution >= 0.6 is 0 Å². The van der Waals surface area contributed by atoms with Crippen molar-refractivity contribution < 1.29 is 22.7 Å². The Kier molecular flexibility index (Phi) is 4.63. The molecule has 0 bridgehead atoms. The fraction of sp³-hybridized carbons (Fsp3) is 0.526. The molecule has 1 unspecified atom stereocenters. The summed E-state index contributed by atoms with van der Waals surface area (Å²) in [5.74, 6) is 0.833. The molecule has 1 atom stereocenters. The van der Waals surface area contributed by atoms with Crippen molar-refractivity contribution in [3.8, 4) is 11.5 Å². The van der Waals surface area contributed by atoms with Gasteiger partial charge in [0, 0.05) is 24.2 Å². The summed E-state index contributed by atoms with van der Waals surface area (Å²) < 4.78 is 39.5. The van der Waals surface area contributed by atoms with E-state index in [9.17, 15) is 13.2 Å². The lowest BCUT2D eigenvalue weighted by atomic mass is 9.70. The van der Waals surface area contributed by atoms with Crippen LogP contribution < -0.4 is 14.8 Å². The number of hydrogen-bond donors (Lipinski definition) is 1. The topological polar surface area (TPSA) is 84.9 Å². The zero-order valence-corrected chi connectivity index (χ0v) is 16.0. The first-order valence-corrected chi connectivity index (χ1v) is 10.7. The quantitative estimate of drug-likeness (QED) is 0.791. The molecule has 1 spiro atoms. The summed E-state index contributed by atoms with van der Waals surface area (Å²) in [7, 11) is -3.66. The molecule has 27 heavy (non-hydrogen) atoms. The molecular weight excluding hydrogens is 368 g/mol. The standard InChI is InChI=1S/C19H24N2O5S/c1-2-18(22)20-14-6-9-21(19(13-14)7-3-8-19)27(23,24)15-4-5-16-17(12-15)26-11-10-25-16/h2,4-5,12,14H,1,3,6-11,13H2,(H,20,22). The highest BCUT2D eigenvalue weighted by Crippen LogP contribution is 2.47. The van der Waals surface area contributed by atoms with Crippen molar-refractivity contribution in [2.45, 2.75) is 48.6 Å². The predicted molar refractivity (Wildman–Crippen MR) is 99.3 cm³/mol. The first-order chi connectivity index (χ1) is 12.9. The average Bonchev–Trinajstić information content (AvgIpc) is 2.66. The number of fused-ring (bicyclic) bond motifs is 1. The maximum atomic E-state index is 13.4. The van der Waals surface area contributed by atoms with Crippen LogP contribution in [-0.4, -0.2) is 50.0 Å². The fourth-order valence-electron chi connectivity index (χ4n) is 4.28. The van der Waals surface area contributed by atoms with Gasteiger partial charge in [-0.15, -0.1) is 0 Å². The molecule has 3 aliphatic rings. The van der Waals surface area contributed by atoms with Gasteiger partial charge in [-0.05, 0) is 50.3 Å². The molecule has 2 aliphatic heterocycles. The molecule has 1 aromatic carbocycles. The van der Waals surface area contributed by atoms with Gasteiger partial charge in [0.05, 0.1) is 4.90 Å². The zero-order valence-electron chi connectivity index (χ0n) is 15.1. The Balaban J connectivity index is 1.60. The van der Waals surface area contributed by atoms with E-state index in [1.807, 2.05) is 0 Å². The van der Waals surface area contributed by atoms with Crippen molar-refractivity contribution in [3.05, 3.63) is 30.9 Å². The fourth-order valence-corrected chi connectivity index (χ4v) is 6.14. The van der Waals surface area contributed by atoms with Crippen LogP contribution in [0.1, 0.15) is 32.1 Å². The van der Waals surface area contributed by atoms with Crippen LogP contribution in [0.3, 0.4) is 0 Å². The second-order valence-corrected chi connectivity index (χ2v) is 9.23. The Labute approximate surface area is 159 Å². The van der Waals surface area contributed by atoms with Crippen molar-refractivity contribution in [2.24, 2.45) is 0 Å². The summed E-state index contributed by atoms with van der Waals surface area (Å²) >= 11 is 0. The van der Waals surface area contributed by atoms with E-state index < -0.39 is 15.6 Å². The van der Waals surface area contributed by atoms with Crippen LogP contribution in [0.4, 0.5) is 0 Å². The van der Waals surface area contributed by atoms with E-state index in [0.717, 1.165) is 19.3 Å². The lowest BCUT2D eigenvalue weighted by Crippen LogP contribution is -2.63. The predicted octanol–water partition coefficient (Wildman–Crippen LogP) is 1.84. The van der Waals surface area contributed by atoms with Gasteiger partial charge < -0.3 is 14.8 Å². The normalized spacial score (nSPS) is 24.1. The molecule has 1 saturated carbocycles. The monoisotopic (exact) mass is 392 g/mol. The van der Waals surface area contributed by atoms with Crippen molar-refractivity contribution >= 4 is 15.9 Å². The van der Waals surface area contributed by atoms with Crippen LogP contribution in [0.5, 0.6) is 11.5 Å². The van der Waals surface area contributed by atoms with Crippen molar-refractivity contribution in [3.63, 3.8) is 0 Å². The second-order valence-electron chi connectivity index (χ2n) is 7.36. The SMILES string of the molecule is C=CC(=O)NC1CCN(S(=O)(=O)c2ccc3c(c2)OCCO3)C2(CCC2)C1. The van der Waals surface area contributed by atoms with Gasteiger partial charge in [0.25, 0.3) is 0 Å². The van der Waals surface area contributed by atoms with E-state index in [-0.39, 0.29) is 16.8 Å². The minimum atomic E-state index is -3.66. The summed E-state index contributed by atoms with van der Waals surface area (Å²) in [4.78, 5) is 11.9. The van der Waals surface area contributed by atoms with E-state index in [2.05, 4.69) is 11.9 Å². The third-order valence-electron chi connectivity index (χ3n) is 5.75. The van der Waals surface area contributed by atoms with Crippen LogP contribution in [0, 0.1) is 0 Å². The number of nitrogens with zero attached hydrogens (tertiary/aromatic N) is 1. The second kappa shape index (κ2) is 6.83. The van der Waals surface area contributed by atoms with Gasteiger partial charge in [-0.2, -0.15) is 4.31 Å². The third kappa shape index (κ3) is 3.21. The number of ether oxygens (including phenoxy) is 2. The number of benzene rings is 1. The summed E-state index contributed by atoms with van der Waals surface area (Å²) in [5.41, 5.74) is -0.413. The lowest BCUT2D eigenvalue weighted by molar-refractivity contribution is -0.117. The van der Waals surface area contributed by atoms with E-state index in [4.69, 9.17) is 9.47 Å². The molecule has 0 aromatic heterocycles. The Morgan fingerprint density at radius 2 is 2.00 bits per heavy atom. The average molecular weight is 392 g/mol. The highest BCUT2D eigenvalue weighted by atomic mass is 32.2. The Morgan fingerprint density at radius 1 is 1.26 bits per heavy atom. The first kappa shape index (κ1) is 18.3. The van der Waals surface area contributed by atoms with E-state index in [0.29, 0.717) is 44.1 Å². The number of carbonyl (C=O) groups excluding carboxylic acids is 1. The molecule has 8 heteroatoms. The van der Waals surface area contributed by atoms with E-state index in [1.165, 1.54) is 6.08 Å². The molecule has 2 heterocycles. The number of carbonyl (C=O) groups is 1. The van der Waals surface area contributed by atoms with Crippen LogP contribution in [0.25, 0.3) is 0 Å². The van der Waals surface area contributed by atoms with Gasteiger partial charge in [0.2, 0.25) is 15.9 Å². The molecule has 1 amide bonds. The molecule has 146 valence electrons. The van der Waals surface area contributed by atoms with Crippen LogP contribution in [0.15, 0.2) is 35.7 Å². The molecule has 1 saturated heterocycles. The lowest BCUT2D eigenvalue weighted by Gasteiger charge is -2.54. The highest BCUT2D eigenvalue weighted by molar-refractivity contribution is 7.89. The molecule has 1 N–H and O–H groups in total. The minimum Gasteiger partial charge on any atom is -0.486 e. The van der Waals surface area contributed by atoms with Gasteiger partial charge in [-0.3, -0.25) is 4.79 Å². The first-order valence-electron chi connectivity index (χ1n) is 9.30. The molecule has 2 fully saturated rings. The minimum absolute atomic E-state index is 0.0254.